The molecule has 0 aliphatic heterocycles. The van der Waals surface area contributed by atoms with Gasteiger partial charge in [-0.1, -0.05) is 17.7 Å². The first-order valence-electron chi connectivity index (χ1n) is 5.77. The number of nitrogens with one attached hydrogen (secondary N) is 1. The first kappa shape index (κ1) is 11.8. The predicted octanol–water partition coefficient (Wildman–Crippen LogP) is 4.57. The van der Waals surface area contributed by atoms with E-state index in [9.17, 15) is 0 Å². The molecule has 0 fully saturated rings. The van der Waals surface area contributed by atoms with Crippen molar-refractivity contribution >= 4 is 33.8 Å². The van der Waals surface area contributed by atoms with Crippen molar-refractivity contribution in [2.45, 2.75) is 13.0 Å². The summed E-state index contributed by atoms with van der Waals surface area (Å²) in [6.45, 7) is 2.00. The van der Waals surface area contributed by atoms with Crippen LogP contribution in [-0.2, 0) is 0 Å². The smallest absolute Gasteiger partial charge is 0.0614 e. The minimum absolute atomic E-state index is 0.0330. The molecular weight excluding hydrogens is 264 g/mol. The lowest BCUT2D eigenvalue weighted by Gasteiger charge is -2.07. The molecule has 1 unspecified atom stereocenters. The van der Waals surface area contributed by atoms with E-state index in [1.165, 1.54) is 4.88 Å². The number of fused-ring (bicyclic) bond motifs is 1. The monoisotopic (exact) mass is 276 g/mol. The van der Waals surface area contributed by atoms with Gasteiger partial charge in [0.1, 0.15) is 0 Å². The first-order valence-corrected chi connectivity index (χ1v) is 7.03. The van der Waals surface area contributed by atoms with Crippen molar-refractivity contribution in [3.63, 3.8) is 0 Å². The van der Waals surface area contributed by atoms with Gasteiger partial charge in [0.25, 0.3) is 0 Å². The normalized spacial score (nSPS) is 13.1. The molecule has 0 amide bonds. The molecule has 1 atom stereocenters. The molecule has 0 radical (unpaired) electrons. The standard InChI is InChI=1S/C14H13ClN2S/c1-8(16)13-10-7-9(15)4-5-11(10)17-14(13)12-3-2-6-18-12/h2-8,17H,16H2,1H3. The molecular formula is C14H13ClN2S. The van der Waals surface area contributed by atoms with Crippen LogP contribution in [0.15, 0.2) is 35.7 Å². The Morgan fingerprint density at radius 2 is 2.17 bits per heavy atom. The molecule has 0 aliphatic carbocycles. The van der Waals surface area contributed by atoms with Gasteiger partial charge in [0, 0.05) is 27.5 Å². The summed E-state index contributed by atoms with van der Waals surface area (Å²) >= 11 is 7.78. The van der Waals surface area contributed by atoms with E-state index in [1.807, 2.05) is 31.2 Å². The van der Waals surface area contributed by atoms with E-state index in [1.54, 1.807) is 11.3 Å². The number of aromatic nitrogens is 1. The van der Waals surface area contributed by atoms with Crippen LogP contribution in [-0.4, -0.2) is 4.98 Å². The van der Waals surface area contributed by atoms with E-state index >= 15 is 0 Å². The quantitative estimate of drug-likeness (QED) is 0.707. The van der Waals surface area contributed by atoms with Gasteiger partial charge in [-0.3, -0.25) is 0 Å². The topological polar surface area (TPSA) is 41.8 Å². The van der Waals surface area contributed by atoms with Gasteiger partial charge in [-0.05, 0) is 36.6 Å². The van der Waals surface area contributed by atoms with Crippen LogP contribution >= 0.6 is 22.9 Å². The molecule has 0 bridgehead atoms. The number of aromatic amines is 1. The van der Waals surface area contributed by atoms with E-state index < -0.39 is 0 Å². The van der Waals surface area contributed by atoms with Crippen molar-refractivity contribution in [1.29, 1.82) is 0 Å². The van der Waals surface area contributed by atoms with E-state index in [0.29, 0.717) is 0 Å². The molecule has 0 aliphatic rings. The van der Waals surface area contributed by atoms with Crippen LogP contribution in [0.1, 0.15) is 18.5 Å². The first-order chi connectivity index (χ1) is 8.66. The van der Waals surface area contributed by atoms with E-state index in [2.05, 4.69) is 16.4 Å². The molecule has 92 valence electrons. The summed E-state index contributed by atoms with van der Waals surface area (Å²) in [5.74, 6) is 0. The van der Waals surface area contributed by atoms with E-state index in [4.69, 9.17) is 17.3 Å². The molecule has 2 heterocycles. The highest BCUT2D eigenvalue weighted by Crippen LogP contribution is 2.36. The summed E-state index contributed by atoms with van der Waals surface area (Å²) in [6.07, 6.45) is 0. The minimum atomic E-state index is -0.0330. The SMILES string of the molecule is CC(N)c1c(-c2cccs2)[nH]c2ccc(Cl)cc12. The Morgan fingerprint density at radius 1 is 1.33 bits per heavy atom. The van der Waals surface area contributed by atoms with Gasteiger partial charge in [0.15, 0.2) is 0 Å². The fourth-order valence-corrected chi connectivity index (χ4v) is 3.18. The van der Waals surface area contributed by atoms with Gasteiger partial charge >= 0.3 is 0 Å². The Labute approximate surface area is 114 Å². The molecule has 3 rings (SSSR count). The van der Waals surface area contributed by atoms with Crippen LogP contribution in [0, 0.1) is 0 Å². The Kier molecular flexibility index (Phi) is 2.90. The average Bonchev–Trinajstić information content (AvgIpc) is 2.94. The number of benzene rings is 1. The summed E-state index contributed by atoms with van der Waals surface area (Å²) in [4.78, 5) is 4.65. The van der Waals surface area contributed by atoms with E-state index in [0.717, 1.165) is 27.2 Å². The van der Waals surface area contributed by atoms with Crippen LogP contribution in [0.5, 0.6) is 0 Å². The lowest BCUT2D eigenvalue weighted by Crippen LogP contribution is -2.05. The van der Waals surface area contributed by atoms with Crippen molar-refractivity contribution in [1.82, 2.24) is 4.98 Å². The largest absolute Gasteiger partial charge is 0.354 e. The third kappa shape index (κ3) is 1.85. The fraction of sp³-hybridized carbons (Fsp3) is 0.143. The molecule has 4 heteroatoms. The van der Waals surface area contributed by atoms with E-state index in [-0.39, 0.29) is 6.04 Å². The maximum atomic E-state index is 6.12. The van der Waals surface area contributed by atoms with Crippen LogP contribution in [0.25, 0.3) is 21.5 Å². The van der Waals surface area contributed by atoms with Gasteiger partial charge in [0.2, 0.25) is 0 Å². The Hall–Kier alpha value is -1.29. The molecule has 1 aromatic carbocycles. The second kappa shape index (κ2) is 4.43. The Balaban J connectivity index is 2.35. The van der Waals surface area contributed by atoms with Gasteiger partial charge in [-0.2, -0.15) is 0 Å². The van der Waals surface area contributed by atoms with Crippen LogP contribution in [0.2, 0.25) is 5.02 Å². The number of H-pyrrole nitrogens is 1. The molecule has 0 spiro atoms. The molecule has 18 heavy (non-hydrogen) atoms. The molecule has 2 nitrogen and oxygen atoms in total. The summed E-state index contributed by atoms with van der Waals surface area (Å²) in [5.41, 5.74) is 9.44. The summed E-state index contributed by atoms with van der Waals surface area (Å²) < 4.78 is 0. The zero-order valence-electron chi connectivity index (χ0n) is 9.91. The molecule has 0 saturated carbocycles. The van der Waals surface area contributed by atoms with Crippen molar-refractivity contribution < 1.29 is 0 Å². The third-order valence-corrected chi connectivity index (χ3v) is 4.15. The second-order valence-electron chi connectivity index (χ2n) is 4.37. The summed E-state index contributed by atoms with van der Waals surface area (Å²) in [5, 5.41) is 3.92. The van der Waals surface area contributed by atoms with Gasteiger partial charge in [0.05, 0.1) is 10.6 Å². The highest BCUT2D eigenvalue weighted by molar-refractivity contribution is 7.13. The summed E-state index contributed by atoms with van der Waals surface area (Å²) in [6, 6.07) is 9.98. The van der Waals surface area contributed by atoms with Crippen molar-refractivity contribution in [3.8, 4) is 10.6 Å². The molecule has 2 aromatic heterocycles. The number of hydrogen-bond donors (Lipinski definition) is 2. The zero-order valence-corrected chi connectivity index (χ0v) is 11.5. The number of nitrogens with two attached hydrogens (primary N) is 1. The zero-order chi connectivity index (χ0) is 12.7. The molecule has 0 saturated heterocycles. The Bertz CT molecular complexity index is 683. The number of hydrogen-bond acceptors (Lipinski definition) is 2. The second-order valence-corrected chi connectivity index (χ2v) is 5.75. The van der Waals surface area contributed by atoms with Gasteiger partial charge < -0.3 is 10.7 Å². The highest BCUT2D eigenvalue weighted by atomic mass is 35.5. The Morgan fingerprint density at radius 3 is 2.83 bits per heavy atom. The maximum absolute atomic E-state index is 6.12. The lowest BCUT2D eigenvalue weighted by atomic mass is 10.0. The number of thiophene rings is 1. The maximum Gasteiger partial charge on any atom is 0.0614 e. The van der Waals surface area contributed by atoms with Gasteiger partial charge in [-0.15, -0.1) is 11.3 Å². The lowest BCUT2D eigenvalue weighted by molar-refractivity contribution is 0.829. The highest BCUT2D eigenvalue weighted by Gasteiger charge is 2.16. The molecule has 3 aromatic rings. The van der Waals surface area contributed by atoms with Crippen LogP contribution in [0.3, 0.4) is 0 Å². The third-order valence-electron chi connectivity index (χ3n) is 3.02. The summed E-state index contributed by atoms with van der Waals surface area (Å²) in [7, 11) is 0. The predicted molar refractivity (Wildman–Crippen MR) is 79.2 cm³/mol. The van der Waals surface area contributed by atoms with Crippen LogP contribution < -0.4 is 5.73 Å². The van der Waals surface area contributed by atoms with Crippen molar-refractivity contribution in [3.05, 3.63) is 46.3 Å². The van der Waals surface area contributed by atoms with Crippen molar-refractivity contribution in [2.24, 2.45) is 5.73 Å². The number of halogens is 1. The minimum Gasteiger partial charge on any atom is -0.354 e. The molecule has 3 N–H and O–H groups in total. The fourth-order valence-electron chi connectivity index (χ4n) is 2.27. The number of rotatable bonds is 2. The van der Waals surface area contributed by atoms with Crippen molar-refractivity contribution in [2.75, 3.05) is 0 Å². The van der Waals surface area contributed by atoms with Gasteiger partial charge in [-0.25, -0.2) is 0 Å². The van der Waals surface area contributed by atoms with Crippen LogP contribution in [0.4, 0.5) is 0 Å². The average molecular weight is 277 g/mol.